The summed E-state index contributed by atoms with van der Waals surface area (Å²) < 4.78 is 16.2. The summed E-state index contributed by atoms with van der Waals surface area (Å²) in [5.74, 6) is -2.52. The van der Waals surface area contributed by atoms with Crippen molar-refractivity contribution in [2.75, 3.05) is 38.9 Å². The number of hydrogen-bond donors (Lipinski definition) is 2. The number of nitrogens with one attached hydrogen (secondary N) is 1. The summed E-state index contributed by atoms with van der Waals surface area (Å²) in [5, 5.41) is 17.8. The van der Waals surface area contributed by atoms with E-state index in [0.29, 0.717) is 31.1 Å². The Kier molecular flexibility index (Phi) is 8.88. The predicted octanol–water partition coefficient (Wildman–Crippen LogP) is -1.97. The number of aromatic nitrogens is 3. The molecular formula is C22H25N7O7S2. The van der Waals surface area contributed by atoms with Crippen molar-refractivity contribution in [3.8, 4) is 0 Å². The van der Waals surface area contributed by atoms with Gasteiger partial charge in [-0.15, -0.1) is 11.8 Å². The van der Waals surface area contributed by atoms with E-state index in [4.69, 9.17) is 20.0 Å². The number of carboxylic acids is 1. The number of nitrogen functional groups attached to an aromatic ring is 1. The van der Waals surface area contributed by atoms with E-state index in [1.165, 1.54) is 18.9 Å². The van der Waals surface area contributed by atoms with Gasteiger partial charge in [-0.1, -0.05) is 5.16 Å². The maximum atomic E-state index is 13.0. The van der Waals surface area contributed by atoms with E-state index >= 15 is 0 Å². The van der Waals surface area contributed by atoms with Gasteiger partial charge in [0.05, 0.1) is 31.5 Å². The summed E-state index contributed by atoms with van der Waals surface area (Å²) >= 11 is 2.21. The van der Waals surface area contributed by atoms with Crippen LogP contribution in [-0.4, -0.2) is 82.4 Å². The molecule has 0 saturated carbocycles. The molecule has 38 heavy (non-hydrogen) atoms. The van der Waals surface area contributed by atoms with E-state index in [2.05, 4.69) is 19.8 Å². The first-order valence-corrected chi connectivity index (χ1v) is 13.1. The van der Waals surface area contributed by atoms with Crippen molar-refractivity contribution < 1.29 is 38.4 Å². The summed E-state index contributed by atoms with van der Waals surface area (Å²) in [6, 6.07) is 2.76. The highest BCUT2D eigenvalue weighted by atomic mass is 32.2. The number of nitrogens with zero attached hydrogens (tertiary/aromatic N) is 5. The van der Waals surface area contributed by atoms with Crippen LogP contribution in [0.2, 0.25) is 0 Å². The number of β-lactam (4-membered cyclic amide) rings is 1. The summed E-state index contributed by atoms with van der Waals surface area (Å²) in [4.78, 5) is 47.7. The molecule has 2 aliphatic rings. The standard InChI is InChI=1S/C22H25N7O7S2/c1-34-7-8-36-10-12-3-5-28(6-4-12)9-13-11-37-20-15(19(31)29(20)16(13)21(32)33)24-18(30)14(26-35-2)17-25-22(23)38-27-17/h3-6,15,20H,7-11H2,1-2H3,(H3-,23,24,25,27,30,32,33)/t15?,20-/m0/s1. The molecule has 3 N–H and O–H groups in total. The van der Waals surface area contributed by atoms with Crippen LogP contribution in [0, 0.1) is 0 Å². The number of oxime groups is 1. The number of anilines is 1. The number of carbonyl (C=O) groups is 3. The Morgan fingerprint density at radius 2 is 2.08 bits per heavy atom. The topological polar surface area (TPSA) is 185 Å². The van der Waals surface area contributed by atoms with E-state index in [-0.39, 0.29) is 28.9 Å². The number of pyridine rings is 1. The number of ether oxygens (including phenoxy) is 2. The molecule has 14 nitrogen and oxygen atoms in total. The van der Waals surface area contributed by atoms with Gasteiger partial charge in [0.1, 0.15) is 18.5 Å². The summed E-state index contributed by atoms with van der Waals surface area (Å²) in [7, 11) is 2.85. The normalized spacial score (nSPS) is 19.2. The van der Waals surface area contributed by atoms with Gasteiger partial charge in [0.2, 0.25) is 11.5 Å². The smallest absolute Gasteiger partial charge is 0.278 e. The summed E-state index contributed by atoms with van der Waals surface area (Å²) in [6.45, 7) is 1.66. The van der Waals surface area contributed by atoms with Crippen molar-refractivity contribution in [3.05, 3.63) is 47.2 Å². The third kappa shape index (κ3) is 5.93. The maximum absolute atomic E-state index is 13.0. The number of carbonyl (C=O) groups excluding carboxylic acids is 3. The molecule has 0 aromatic carbocycles. The number of methoxy groups -OCH3 is 1. The Labute approximate surface area is 225 Å². The van der Waals surface area contributed by atoms with Crippen LogP contribution >= 0.6 is 23.3 Å². The highest BCUT2D eigenvalue weighted by Gasteiger charge is 2.53. The first-order valence-electron chi connectivity index (χ1n) is 11.3. The van der Waals surface area contributed by atoms with Crippen LogP contribution in [0.3, 0.4) is 0 Å². The molecule has 0 bridgehead atoms. The van der Waals surface area contributed by atoms with Crippen LogP contribution in [0.15, 0.2) is 41.0 Å². The number of thioether (sulfide) groups is 1. The van der Waals surface area contributed by atoms with Gasteiger partial charge >= 0.3 is 0 Å². The fourth-order valence-corrected chi connectivity index (χ4v) is 5.62. The molecule has 16 heteroatoms. The van der Waals surface area contributed by atoms with Crippen molar-refractivity contribution in [1.82, 2.24) is 19.6 Å². The van der Waals surface area contributed by atoms with Crippen LogP contribution in [-0.2, 0) is 41.8 Å². The third-order valence-electron chi connectivity index (χ3n) is 5.61. The second-order valence-electron chi connectivity index (χ2n) is 8.10. The molecule has 0 aliphatic carbocycles. The second-order valence-corrected chi connectivity index (χ2v) is 9.99. The van der Waals surface area contributed by atoms with E-state index in [1.807, 2.05) is 24.5 Å². The van der Waals surface area contributed by atoms with Gasteiger partial charge in [-0.2, -0.15) is 9.36 Å². The Balaban J connectivity index is 1.44. The molecule has 202 valence electrons. The van der Waals surface area contributed by atoms with Crippen LogP contribution < -0.4 is 20.7 Å². The predicted molar refractivity (Wildman–Crippen MR) is 133 cm³/mol. The van der Waals surface area contributed by atoms with E-state index < -0.39 is 29.2 Å². The first kappa shape index (κ1) is 27.4. The van der Waals surface area contributed by atoms with E-state index in [9.17, 15) is 19.5 Å². The third-order valence-corrected chi connectivity index (χ3v) is 7.49. The molecule has 1 saturated heterocycles. The molecule has 4 heterocycles. The molecule has 2 aromatic rings. The fraction of sp³-hybridized carbons (Fsp3) is 0.409. The Morgan fingerprint density at radius 3 is 2.71 bits per heavy atom. The summed E-state index contributed by atoms with van der Waals surface area (Å²) in [6.07, 6.45) is 3.62. The SMILES string of the molecule is COCCOCc1cc[n+](CC2=C(C(=O)[O-])N3C(=O)C(NC(=O)C(=NOC)c4nsc(N)n4)[C@@H]3SC2)cc1. The highest BCUT2D eigenvalue weighted by molar-refractivity contribution is 8.00. The Hall–Kier alpha value is -3.60. The Morgan fingerprint density at radius 1 is 1.32 bits per heavy atom. The van der Waals surface area contributed by atoms with Gasteiger partial charge in [-0.05, 0) is 5.56 Å². The minimum atomic E-state index is -1.46. The lowest BCUT2D eigenvalue weighted by atomic mass is 10.0. The maximum Gasteiger partial charge on any atom is 0.278 e. The number of rotatable bonds is 12. The van der Waals surface area contributed by atoms with Crippen molar-refractivity contribution in [2.45, 2.75) is 24.6 Å². The second kappa shape index (κ2) is 12.3. The number of hydrogen-bond acceptors (Lipinski definition) is 13. The van der Waals surface area contributed by atoms with E-state index in [0.717, 1.165) is 22.0 Å². The van der Waals surface area contributed by atoms with Gasteiger partial charge < -0.3 is 35.3 Å². The zero-order valence-electron chi connectivity index (χ0n) is 20.5. The van der Waals surface area contributed by atoms with Crippen molar-refractivity contribution in [1.29, 1.82) is 0 Å². The van der Waals surface area contributed by atoms with E-state index in [1.54, 1.807) is 11.7 Å². The number of fused-ring (bicyclic) bond motifs is 1. The number of nitrogens with two attached hydrogens (primary N) is 1. The largest absolute Gasteiger partial charge is 0.543 e. The molecule has 2 aromatic heterocycles. The van der Waals surface area contributed by atoms with Crippen molar-refractivity contribution in [3.63, 3.8) is 0 Å². The molecule has 2 aliphatic heterocycles. The molecule has 0 spiro atoms. The van der Waals surface area contributed by atoms with Crippen molar-refractivity contribution in [2.24, 2.45) is 5.16 Å². The molecule has 1 unspecified atom stereocenters. The zero-order chi connectivity index (χ0) is 27.2. The van der Waals surface area contributed by atoms with Gasteiger partial charge in [0.15, 0.2) is 24.1 Å². The number of amides is 2. The molecule has 2 atom stereocenters. The monoisotopic (exact) mass is 563 g/mol. The lowest BCUT2D eigenvalue weighted by Crippen LogP contribution is -2.71. The number of carboxylic acid groups (broad SMARTS) is 1. The van der Waals surface area contributed by atoms with Gasteiger partial charge in [0.25, 0.3) is 11.8 Å². The lowest BCUT2D eigenvalue weighted by Gasteiger charge is -2.50. The quantitative estimate of drug-likeness (QED) is 0.0959. The molecule has 0 radical (unpaired) electrons. The van der Waals surface area contributed by atoms with Gasteiger partial charge in [-0.3, -0.25) is 14.5 Å². The average molecular weight is 564 g/mol. The highest BCUT2D eigenvalue weighted by Crippen LogP contribution is 2.40. The minimum Gasteiger partial charge on any atom is -0.543 e. The molecule has 1 fully saturated rings. The molecular weight excluding hydrogens is 538 g/mol. The van der Waals surface area contributed by atoms with Crippen LogP contribution in [0.25, 0.3) is 0 Å². The fourth-order valence-electron chi connectivity index (χ4n) is 3.85. The summed E-state index contributed by atoms with van der Waals surface area (Å²) in [5.41, 5.74) is 6.60. The van der Waals surface area contributed by atoms with Crippen LogP contribution in [0.5, 0.6) is 0 Å². The first-order chi connectivity index (χ1) is 18.3. The Bertz CT molecular complexity index is 1260. The molecule has 4 rings (SSSR count). The molecule has 2 amide bonds. The van der Waals surface area contributed by atoms with Gasteiger partial charge in [-0.25, -0.2) is 4.57 Å². The van der Waals surface area contributed by atoms with Gasteiger partial charge in [0, 0.05) is 42.1 Å². The zero-order valence-corrected chi connectivity index (χ0v) is 22.1. The van der Waals surface area contributed by atoms with Crippen LogP contribution in [0.1, 0.15) is 11.4 Å². The minimum absolute atomic E-state index is 0.0473. The lowest BCUT2D eigenvalue weighted by molar-refractivity contribution is -0.689. The average Bonchev–Trinajstić information content (AvgIpc) is 3.34. The number of aliphatic carboxylic acids is 1. The van der Waals surface area contributed by atoms with Crippen LogP contribution in [0.4, 0.5) is 5.13 Å². The van der Waals surface area contributed by atoms with Crippen molar-refractivity contribution >= 4 is 51.9 Å².